The van der Waals surface area contributed by atoms with E-state index in [1.807, 2.05) is 0 Å². The number of benzene rings is 1. The van der Waals surface area contributed by atoms with Gasteiger partial charge in [-0.15, -0.1) is 6.42 Å². The fourth-order valence-corrected chi connectivity index (χ4v) is 1.24. The van der Waals surface area contributed by atoms with Crippen LogP contribution >= 0.6 is 0 Å². The van der Waals surface area contributed by atoms with Crippen molar-refractivity contribution < 1.29 is 25.8 Å². The van der Waals surface area contributed by atoms with Crippen molar-refractivity contribution >= 4 is 10.1 Å². The lowest BCUT2D eigenvalue weighted by atomic mass is 10.2. The van der Waals surface area contributed by atoms with E-state index >= 15 is 0 Å². The third kappa shape index (κ3) is 2.67. The van der Waals surface area contributed by atoms with Gasteiger partial charge in [0.05, 0.1) is 0 Å². The standard InChI is InChI=1S/C9H5F3O3S/c1-2-7-3-5-8(6-4-7)15-16(13,14)9(10,11)12/h1,3-6H. The Labute approximate surface area is 90.0 Å². The van der Waals surface area contributed by atoms with Crippen LogP contribution in [0.25, 0.3) is 0 Å². The van der Waals surface area contributed by atoms with Crippen LogP contribution in [-0.4, -0.2) is 13.9 Å². The quantitative estimate of drug-likeness (QED) is 0.457. The average molecular weight is 250 g/mol. The van der Waals surface area contributed by atoms with Gasteiger partial charge in [0.2, 0.25) is 0 Å². The SMILES string of the molecule is C#Cc1ccc(OS(=O)(=O)C(F)(F)F)cc1. The summed E-state index contributed by atoms with van der Waals surface area (Å²) in [6.45, 7) is 0. The number of alkyl halides is 3. The van der Waals surface area contributed by atoms with Crippen LogP contribution in [0.15, 0.2) is 24.3 Å². The zero-order valence-electron chi connectivity index (χ0n) is 7.65. The maximum absolute atomic E-state index is 11.9. The second-order valence-electron chi connectivity index (χ2n) is 2.65. The van der Waals surface area contributed by atoms with Gasteiger partial charge in [-0.25, -0.2) is 0 Å². The highest BCUT2D eigenvalue weighted by atomic mass is 32.2. The molecular formula is C9H5F3O3S. The summed E-state index contributed by atoms with van der Waals surface area (Å²) in [7, 11) is -5.62. The van der Waals surface area contributed by atoms with E-state index in [1.165, 1.54) is 12.1 Å². The predicted octanol–water partition coefficient (Wildman–Crippen LogP) is 1.90. The van der Waals surface area contributed by atoms with Crippen molar-refractivity contribution in [2.24, 2.45) is 0 Å². The highest BCUT2D eigenvalue weighted by Crippen LogP contribution is 2.26. The van der Waals surface area contributed by atoms with Crippen LogP contribution in [0.1, 0.15) is 5.56 Å². The van der Waals surface area contributed by atoms with Crippen LogP contribution in [0.3, 0.4) is 0 Å². The Morgan fingerprint density at radius 2 is 1.69 bits per heavy atom. The third-order valence-electron chi connectivity index (χ3n) is 1.51. The van der Waals surface area contributed by atoms with Crippen LogP contribution in [0, 0.1) is 12.3 Å². The van der Waals surface area contributed by atoms with Crippen molar-refractivity contribution in [2.45, 2.75) is 5.51 Å². The monoisotopic (exact) mass is 250 g/mol. The molecule has 0 aliphatic carbocycles. The van der Waals surface area contributed by atoms with Gasteiger partial charge in [0.1, 0.15) is 5.75 Å². The van der Waals surface area contributed by atoms with Crippen molar-refractivity contribution in [3.8, 4) is 18.1 Å². The van der Waals surface area contributed by atoms with Crippen LogP contribution < -0.4 is 4.18 Å². The van der Waals surface area contributed by atoms with Gasteiger partial charge in [-0.1, -0.05) is 5.92 Å². The summed E-state index contributed by atoms with van der Waals surface area (Å²) in [6.07, 6.45) is 5.01. The predicted molar refractivity (Wildman–Crippen MR) is 50.0 cm³/mol. The Hall–Kier alpha value is -1.68. The Bertz CT molecular complexity index is 508. The van der Waals surface area contributed by atoms with Gasteiger partial charge < -0.3 is 4.18 Å². The minimum Gasteiger partial charge on any atom is -0.376 e. The molecule has 86 valence electrons. The van der Waals surface area contributed by atoms with Crippen LogP contribution in [-0.2, 0) is 10.1 Å². The molecule has 0 amide bonds. The van der Waals surface area contributed by atoms with E-state index in [1.54, 1.807) is 0 Å². The molecule has 0 aromatic heterocycles. The topological polar surface area (TPSA) is 43.4 Å². The third-order valence-corrected chi connectivity index (χ3v) is 2.49. The van der Waals surface area contributed by atoms with Gasteiger partial charge in [0, 0.05) is 5.56 Å². The molecule has 3 nitrogen and oxygen atoms in total. The van der Waals surface area contributed by atoms with Crippen molar-refractivity contribution in [1.29, 1.82) is 0 Å². The number of hydrogen-bond donors (Lipinski definition) is 0. The molecule has 0 bridgehead atoms. The normalized spacial score (nSPS) is 11.9. The molecule has 7 heteroatoms. The largest absolute Gasteiger partial charge is 0.534 e. The van der Waals surface area contributed by atoms with E-state index in [-0.39, 0.29) is 0 Å². The molecule has 0 saturated carbocycles. The lowest BCUT2D eigenvalue weighted by molar-refractivity contribution is -0.0500. The summed E-state index contributed by atoms with van der Waals surface area (Å²) in [5.41, 5.74) is -5.05. The van der Waals surface area contributed by atoms with Crippen LogP contribution in [0.4, 0.5) is 13.2 Å². The molecule has 1 aromatic rings. The maximum atomic E-state index is 11.9. The van der Waals surface area contributed by atoms with Gasteiger partial charge in [-0.2, -0.15) is 21.6 Å². The number of rotatable bonds is 2. The summed E-state index contributed by atoms with van der Waals surface area (Å²) in [4.78, 5) is 0. The molecule has 1 rings (SSSR count). The summed E-state index contributed by atoms with van der Waals surface area (Å²) >= 11 is 0. The summed E-state index contributed by atoms with van der Waals surface area (Å²) < 4.78 is 60.8. The fourth-order valence-electron chi connectivity index (χ4n) is 0.781. The van der Waals surface area contributed by atoms with Crippen molar-refractivity contribution in [2.75, 3.05) is 0 Å². The van der Waals surface area contributed by atoms with Gasteiger partial charge in [0.25, 0.3) is 0 Å². The summed E-state index contributed by atoms with van der Waals surface area (Å²) in [5, 5.41) is 0. The number of terminal acetylenes is 1. The van der Waals surface area contributed by atoms with Crippen molar-refractivity contribution in [3.05, 3.63) is 29.8 Å². The molecule has 0 heterocycles. The molecular weight excluding hydrogens is 245 g/mol. The number of hydrogen-bond acceptors (Lipinski definition) is 3. The van der Waals surface area contributed by atoms with Gasteiger partial charge in [-0.3, -0.25) is 0 Å². The highest BCUT2D eigenvalue weighted by Gasteiger charge is 2.48. The Morgan fingerprint density at radius 1 is 1.19 bits per heavy atom. The van der Waals surface area contributed by atoms with E-state index in [0.29, 0.717) is 5.56 Å². The first kappa shape index (κ1) is 12.4. The molecule has 0 N–H and O–H groups in total. The smallest absolute Gasteiger partial charge is 0.376 e. The van der Waals surface area contributed by atoms with E-state index < -0.39 is 21.4 Å². The summed E-state index contributed by atoms with van der Waals surface area (Å²) in [5.74, 6) is 1.77. The van der Waals surface area contributed by atoms with E-state index in [2.05, 4.69) is 10.1 Å². The van der Waals surface area contributed by atoms with Crippen molar-refractivity contribution in [3.63, 3.8) is 0 Å². The van der Waals surface area contributed by atoms with E-state index in [0.717, 1.165) is 12.1 Å². The molecule has 0 saturated heterocycles. The Kier molecular flexibility index (Phi) is 3.14. The lowest BCUT2D eigenvalue weighted by Crippen LogP contribution is -2.28. The molecule has 0 unspecified atom stereocenters. The Morgan fingerprint density at radius 3 is 2.06 bits per heavy atom. The zero-order valence-corrected chi connectivity index (χ0v) is 8.47. The minimum atomic E-state index is -5.62. The number of halogens is 3. The molecule has 0 aliphatic rings. The first-order valence-corrected chi connectivity index (χ1v) is 5.24. The molecule has 0 spiro atoms. The Balaban J connectivity index is 2.95. The zero-order chi connectivity index (χ0) is 12.4. The second-order valence-corrected chi connectivity index (χ2v) is 4.19. The summed E-state index contributed by atoms with van der Waals surface area (Å²) in [6, 6.07) is 4.61. The fraction of sp³-hybridized carbons (Fsp3) is 0.111. The highest BCUT2D eigenvalue weighted by molar-refractivity contribution is 7.87. The van der Waals surface area contributed by atoms with Gasteiger partial charge >= 0.3 is 15.6 Å². The molecule has 0 radical (unpaired) electrons. The molecule has 0 fully saturated rings. The average Bonchev–Trinajstić information content (AvgIpc) is 2.16. The molecule has 0 atom stereocenters. The molecule has 1 aromatic carbocycles. The second kappa shape index (κ2) is 4.06. The van der Waals surface area contributed by atoms with Gasteiger partial charge in [0.15, 0.2) is 0 Å². The van der Waals surface area contributed by atoms with Crippen LogP contribution in [0.5, 0.6) is 5.75 Å². The first-order chi connectivity index (χ1) is 7.26. The lowest BCUT2D eigenvalue weighted by Gasteiger charge is -2.08. The van der Waals surface area contributed by atoms with Crippen LogP contribution in [0.2, 0.25) is 0 Å². The van der Waals surface area contributed by atoms with Gasteiger partial charge in [-0.05, 0) is 24.3 Å². The van der Waals surface area contributed by atoms with Crippen molar-refractivity contribution in [1.82, 2.24) is 0 Å². The molecule has 16 heavy (non-hydrogen) atoms. The maximum Gasteiger partial charge on any atom is 0.534 e. The molecule has 0 aliphatic heterocycles. The van der Waals surface area contributed by atoms with E-state index in [4.69, 9.17) is 6.42 Å². The first-order valence-electron chi connectivity index (χ1n) is 3.84. The van der Waals surface area contributed by atoms with E-state index in [9.17, 15) is 21.6 Å². The minimum absolute atomic E-state index is 0.400.